The van der Waals surface area contributed by atoms with E-state index in [1.54, 1.807) is 0 Å². The molecule has 0 aromatic rings. The molecule has 9 heavy (non-hydrogen) atoms. The maximum Gasteiger partial charge on any atom is 0.186 e. The Morgan fingerprint density at radius 2 is 2.11 bits per heavy atom. The molecule has 2 nitrogen and oxygen atoms in total. The van der Waals surface area contributed by atoms with E-state index in [-0.39, 0.29) is 22.1 Å². The molecule has 0 aliphatic rings. The van der Waals surface area contributed by atoms with Crippen molar-refractivity contribution in [3.05, 3.63) is 0 Å². The molecular weight excluding hydrogens is 188 g/mol. The first-order chi connectivity index (χ1) is 3.68. The molecule has 0 aliphatic heterocycles. The second kappa shape index (κ2) is 6.49. The average molecular weight is 198 g/mol. The fraction of sp³-hybridized carbons (Fsp3) is 0.800. The van der Waals surface area contributed by atoms with Gasteiger partial charge in [-0.3, -0.25) is 0 Å². The number of hydrogen-bond acceptors (Lipinski definition) is 2. The molecule has 0 heterocycles. The molecule has 0 rings (SSSR count). The molecule has 59 valence electrons. The van der Waals surface area contributed by atoms with Crippen LogP contribution in [0.5, 0.6) is 0 Å². The van der Waals surface area contributed by atoms with Gasteiger partial charge in [0.1, 0.15) is 6.10 Å². The Hall–Kier alpha value is 0.369. The minimum atomic E-state index is -0.796. The van der Waals surface area contributed by atoms with E-state index in [1.807, 2.05) is 6.92 Å². The van der Waals surface area contributed by atoms with Crippen LogP contribution in [0, 0.1) is 0 Å². The molecule has 0 saturated carbocycles. The molecule has 1 radical (unpaired) electrons. The maximum atomic E-state index is 8.74. The molecule has 1 unspecified atom stereocenters. The predicted molar refractivity (Wildman–Crippen MR) is 36.1 cm³/mol. The summed E-state index contributed by atoms with van der Waals surface area (Å²) in [5, 5.41) is 16.9. The van der Waals surface area contributed by atoms with Crippen molar-refractivity contribution in [2.45, 2.75) is 25.9 Å². The van der Waals surface area contributed by atoms with Crippen molar-refractivity contribution >= 4 is 17.3 Å². The summed E-state index contributed by atoms with van der Waals surface area (Å²) in [6, 6.07) is 0. The molecule has 0 aromatic heterocycles. The maximum absolute atomic E-state index is 8.74. The fourth-order valence-electron chi connectivity index (χ4n) is 0.397. The Labute approximate surface area is 70.7 Å². The molecule has 4 heteroatoms. The Kier molecular flexibility index (Phi) is 8.71. The minimum absolute atomic E-state index is 0. The van der Waals surface area contributed by atoms with Crippen molar-refractivity contribution in [2.24, 2.45) is 0 Å². The second-order valence-corrected chi connectivity index (χ2v) is 2.06. The minimum Gasteiger partial charge on any atom is -0.500 e. The summed E-state index contributed by atoms with van der Waals surface area (Å²) < 4.78 is 0. The third-order valence-corrected chi connectivity index (χ3v) is 1.12. The van der Waals surface area contributed by atoms with Gasteiger partial charge in [-0.2, -0.15) is 0 Å². The Bertz CT molecular complexity index is 87.0. The molecule has 0 bridgehead atoms. The molecule has 0 saturated heterocycles. The summed E-state index contributed by atoms with van der Waals surface area (Å²) in [6.07, 6.45) is 0.590. The first kappa shape index (κ1) is 12.1. The van der Waals surface area contributed by atoms with E-state index in [9.17, 15) is 0 Å². The number of aliphatic hydroxyl groups excluding tert-OH is 2. The summed E-state index contributed by atoms with van der Waals surface area (Å²) in [5.41, 5.74) is 0. The number of hydrogen-bond donors (Lipinski definition) is 2. The standard InChI is InChI=1S/C5H10O2S.Cu/c1-2-3-4(6)5(7)8;/h4,6H,2-3H2,1H3,(H,7,8);. The summed E-state index contributed by atoms with van der Waals surface area (Å²) >= 11 is 4.29. The van der Waals surface area contributed by atoms with Crippen LogP contribution in [0.3, 0.4) is 0 Å². The van der Waals surface area contributed by atoms with Crippen LogP contribution in [0.25, 0.3) is 0 Å². The molecule has 1 atom stereocenters. The normalized spacial score (nSPS) is 11.8. The summed E-state index contributed by atoms with van der Waals surface area (Å²) in [5.74, 6) is 0. The second-order valence-electron chi connectivity index (χ2n) is 1.64. The smallest absolute Gasteiger partial charge is 0.186 e. The van der Waals surface area contributed by atoms with Gasteiger partial charge in [0.25, 0.3) is 0 Å². The van der Waals surface area contributed by atoms with Crippen LogP contribution in [0.4, 0.5) is 0 Å². The van der Waals surface area contributed by atoms with Crippen molar-refractivity contribution in [3.8, 4) is 0 Å². The molecule has 0 fully saturated rings. The largest absolute Gasteiger partial charge is 0.500 e. The fourth-order valence-corrected chi connectivity index (χ4v) is 0.515. The van der Waals surface area contributed by atoms with Gasteiger partial charge in [-0.1, -0.05) is 13.3 Å². The van der Waals surface area contributed by atoms with E-state index >= 15 is 0 Å². The van der Waals surface area contributed by atoms with Gasteiger partial charge in [0.2, 0.25) is 0 Å². The predicted octanol–water partition coefficient (Wildman–Crippen LogP) is 1.03. The first-order valence-electron chi connectivity index (χ1n) is 2.59. The number of aliphatic hydroxyl groups is 2. The quantitative estimate of drug-likeness (QED) is 0.525. The van der Waals surface area contributed by atoms with Gasteiger partial charge >= 0.3 is 0 Å². The van der Waals surface area contributed by atoms with Crippen LogP contribution in [0.1, 0.15) is 19.8 Å². The van der Waals surface area contributed by atoms with Crippen LogP contribution >= 0.6 is 12.2 Å². The summed E-state index contributed by atoms with van der Waals surface area (Å²) in [7, 11) is 0. The van der Waals surface area contributed by atoms with E-state index in [2.05, 4.69) is 12.2 Å². The van der Waals surface area contributed by atoms with E-state index in [0.29, 0.717) is 6.42 Å². The van der Waals surface area contributed by atoms with Gasteiger partial charge in [0, 0.05) is 17.1 Å². The zero-order chi connectivity index (χ0) is 6.57. The average Bonchev–Trinajstić information content (AvgIpc) is 1.67. The van der Waals surface area contributed by atoms with Crippen LogP contribution in [-0.4, -0.2) is 21.4 Å². The van der Waals surface area contributed by atoms with Crippen LogP contribution in [0.15, 0.2) is 0 Å². The van der Waals surface area contributed by atoms with Crippen molar-refractivity contribution in [1.29, 1.82) is 0 Å². The Morgan fingerprint density at radius 1 is 1.67 bits per heavy atom. The molecule has 0 amide bonds. The van der Waals surface area contributed by atoms with Crippen molar-refractivity contribution in [3.63, 3.8) is 0 Å². The monoisotopic (exact) mass is 197 g/mol. The number of thiocarbonyl (C=S) groups is 1. The van der Waals surface area contributed by atoms with Crippen molar-refractivity contribution < 1.29 is 27.3 Å². The van der Waals surface area contributed by atoms with Crippen molar-refractivity contribution in [2.75, 3.05) is 0 Å². The summed E-state index contributed by atoms with van der Waals surface area (Å²) in [6.45, 7) is 1.92. The van der Waals surface area contributed by atoms with E-state index < -0.39 is 6.10 Å². The van der Waals surface area contributed by atoms with Gasteiger partial charge in [-0.15, -0.1) is 0 Å². The van der Waals surface area contributed by atoms with Crippen LogP contribution in [-0.2, 0) is 17.1 Å². The third kappa shape index (κ3) is 6.25. The van der Waals surface area contributed by atoms with Gasteiger partial charge in [-0.05, 0) is 18.6 Å². The van der Waals surface area contributed by atoms with E-state index in [0.717, 1.165) is 6.42 Å². The van der Waals surface area contributed by atoms with E-state index in [4.69, 9.17) is 10.2 Å². The Morgan fingerprint density at radius 3 is 2.22 bits per heavy atom. The molecule has 0 spiro atoms. The zero-order valence-electron chi connectivity index (χ0n) is 5.10. The molecule has 0 aliphatic carbocycles. The molecular formula is C5H10CuO2S. The molecule has 0 aromatic carbocycles. The van der Waals surface area contributed by atoms with Gasteiger partial charge in [0.15, 0.2) is 5.05 Å². The molecule has 2 N–H and O–H groups in total. The SMILES string of the molecule is CCCC(O)C(O)=S.[Cu]. The van der Waals surface area contributed by atoms with Gasteiger partial charge in [-0.25, -0.2) is 0 Å². The Balaban J connectivity index is 0. The topological polar surface area (TPSA) is 40.5 Å². The van der Waals surface area contributed by atoms with Crippen LogP contribution in [0.2, 0.25) is 0 Å². The van der Waals surface area contributed by atoms with Crippen LogP contribution < -0.4 is 0 Å². The van der Waals surface area contributed by atoms with E-state index in [1.165, 1.54) is 0 Å². The zero-order valence-corrected chi connectivity index (χ0v) is 6.85. The number of rotatable bonds is 3. The van der Waals surface area contributed by atoms with Crippen molar-refractivity contribution in [1.82, 2.24) is 0 Å². The first-order valence-corrected chi connectivity index (χ1v) is 3.00. The third-order valence-electron chi connectivity index (χ3n) is 0.847. The van der Waals surface area contributed by atoms with Gasteiger partial charge < -0.3 is 10.2 Å². The van der Waals surface area contributed by atoms with Gasteiger partial charge in [0.05, 0.1) is 0 Å². The summed E-state index contributed by atoms with van der Waals surface area (Å²) in [4.78, 5) is 0.